The number of benzene rings is 1. The van der Waals surface area contributed by atoms with Gasteiger partial charge in [0.05, 0.1) is 13.2 Å². The lowest BCUT2D eigenvalue weighted by Gasteiger charge is -2.14. The second-order valence-electron chi connectivity index (χ2n) is 7.52. The third-order valence-electron chi connectivity index (χ3n) is 5.05. The maximum atomic E-state index is 11.9. The Morgan fingerprint density at radius 3 is 2.79 bits per heavy atom. The summed E-state index contributed by atoms with van der Waals surface area (Å²) in [4.78, 5) is 18.5. The molecule has 0 N–H and O–H groups in total. The molecule has 3 aromatic heterocycles. The number of nitro groups is 1. The molecule has 4 aromatic rings. The molecular formula is C21H22N6O5S2. The van der Waals surface area contributed by atoms with E-state index in [1.807, 2.05) is 25.1 Å². The lowest BCUT2D eigenvalue weighted by molar-refractivity contribution is -0.391. The molecule has 11 nitrogen and oxygen atoms in total. The minimum atomic E-state index is -3.42. The van der Waals surface area contributed by atoms with Gasteiger partial charge in [-0.15, -0.1) is 11.8 Å². The molecule has 0 spiro atoms. The smallest absolute Gasteiger partial charge is 0.368 e. The standard InChI is InChI=1S/C21H22N6O5S2/c1-15-16(14-25-10-9-22-21(25)34(2,30)31)5-3-6-17(15)32-11-4-12-33-19-8-7-18-23-13-20(27(28)29)26(18)24-19/h3,5-10,13H,4,11-12,14H2,1-2H3. The van der Waals surface area contributed by atoms with Crippen LogP contribution in [0, 0.1) is 17.0 Å². The predicted molar refractivity (Wildman–Crippen MR) is 126 cm³/mol. The summed E-state index contributed by atoms with van der Waals surface area (Å²) < 4.78 is 32.6. The zero-order chi connectivity index (χ0) is 24.3. The van der Waals surface area contributed by atoms with Gasteiger partial charge in [-0.25, -0.2) is 18.4 Å². The van der Waals surface area contributed by atoms with E-state index in [4.69, 9.17) is 4.74 Å². The van der Waals surface area contributed by atoms with E-state index >= 15 is 0 Å². The number of imidazole rings is 2. The van der Waals surface area contributed by atoms with Gasteiger partial charge in [-0.05, 0) is 41.5 Å². The number of aromatic nitrogens is 5. The van der Waals surface area contributed by atoms with Crippen LogP contribution in [0.15, 0.2) is 59.1 Å². The van der Waals surface area contributed by atoms with Crippen LogP contribution in [-0.4, -0.2) is 56.1 Å². The van der Waals surface area contributed by atoms with E-state index in [1.165, 1.54) is 28.7 Å². The van der Waals surface area contributed by atoms with E-state index in [0.29, 0.717) is 29.6 Å². The molecule has 0 aliphatic rings. The van der Waals surface area contributed by atoms with Gasteiger partial charge in [0.2, 0.25) is 20.6 Å². The van der Waals surface area contributed by atoms with E-state index in [1.54, 1.807) is 22.9 Å². The molecule has 0 radical (unpaired) electrons. The highest BCUT2D eigenvalue weighted by Crippen LogP contribution is 2.24. The highest BCUT2D eigenvalue weighted by Gasteiger charge is 2.17. The highest BCUT2D eigenvalue weighted by atomic mass is 32.2. The zero-order valence-corrected chi connectivity index (χ0v) is 20.1. The van der Waals surface area contributed by atoms with Crippen LogP contribution in [-0.2, 0) is 16.4 Å². The van der Waals surface area contributed by atoms with Gasteiger partial charge in [0, 0.05) is 30.5 Å². The van der Waals surface area contributed by atoms with Crippen LogP contribution in [0.1, 0.15) is 17.5 Å². The second kappa shape index (κ2) is 9.81. The molecular weight excluding hydrogens is 480 g/mol. The SMILES string of the molecule is Cc1c(Cn2ccnc2S(C)(=O)=O)cccc1OCCCSc1ccc2ncc([N+](=O)[O-])n2n1. The Hall–Kier alpha value is -3.45. The first kappa shape index (κ1) is 23.7. The number of hydrogen-bond donors (Lipinski definition) is 0. The minimum absolute atomic E-state index is 0.0306. The first-order chi connectivity index (χ1) is 16.2. The molecule has 0 aliphatic carbocycles. The largest absolute Gasteiger partial charge is 0.493 e. The van der Waals surface area contributed by atoms with Gasteiger partial charge < -0.3 is 19.4 Å². The fraction of sp³-hybridized carbons (Fsp3) is 0.286. The summed E-state index contributed by atoms with van der Waals surface area (Å²) in [6.07, 6.45) is 6.18. The van der Waals surface area contributed by atoms with Crippen LogP contribution in [0.2, 0.25) is 0 Å². The minimum Gasteiger partial charge on any atom is -0.493 e. The fourth-order valence-corrected chi connectivity index (χ4v) is 4.96. The predicted octanol–water partition coefficient (Wildman–Crippen LogP) is 3.16. The maximum absolute atomic E-state index is 11.9. The topological polar surface area (TPSA) is 135 Å². The summed E-state index contributed by atoms with van der Waals surface area (Å²) >= 11 is 1.48. The summed E-state index contributed by atoms with van der Waals surface area (Å²) in [5, 5.41) is 16.0. The average molecular weight is 503 g/mol. The van der Waals surface area contributed by atoms with Crippen molar-refractivity contribution in [3.63, 3.8) is 0 Å². The molecule has 0 saturated heterocycles. The van der Waals surface area contributed by atoms with Gasteiger partial charge in [-0.1, -0.05) is 21.7 Å². The normalized spacial score (nSPS) is 11.7. The van der Waals surface area contributed by atoms with E-state index in [2.05, 4.69) is 15.1 Å². The van der Waals surface area contributed by atoms with Crippen LogP contribution < -0.4 is 4.74 Å². The summed E-state index contributed by atoms with van der Waals surface area (Å²) in [5.74, 6) is 1.28. The Morgan fingerprint density at radius 2 is 2.03 bits per heavy atom. The van der Waals surface area contributed by atoms with Crippen molar-refractivity contribution < 1.29 is 18.1 Å². The molecule has 4 rings (SSSR count). The van der Waals surface area contributed by atoms with Gasteiger partial charge in [-0.2, -0.15) is 0 Å². The Morgan fingerprint density at radius 1 is 1.21 bits per heavy atom. The van der Waals surface area contributed by atoms with Crippen LogP contribution in [0.3, 0.4) is 0 Å². The van der Waals surface area contributed by atoms with Crippen molar-refractivity contribution in [2.75, 3.05) is 18.6 Å². The van der Waals surface area contributed by atoms with Gasteiger partial charge in [-0.3, -0.25) is 0 Å². The maximum Gasteiger partial charge on any atom is 0.368 e. The van der Waals surface area contributed by atoms with Gasteiger partial charge >= 0.3 is 5.82 Å². The Bertz CT molecular complexity index is 1450. The van der Waals surface area contributed by atoms with Crippen molar-refractivity contribution in [2.24, 2.45) is 0 Å². The molecule has 0 saturated carbocycles. The van der Waals surface area contributed by atoms with Gasteiger partial charge in [0.15, 0.2) is 0 Å². The molecule has 0 aliphatic heterocycles. The van der Waals surface area contributed by atoms with Crippen LogP contribution in [0.25, 0.3) is 5.65 Å². The summed E-state index contributed by atoms with van der Waals surface area (Å²) in [6, 6.07) is 9.17. The molecule has 1 aromatic carbocycles. The van der Waals surface area contributed by atoms with E-state index < -0.39 is 14.8 Å². The fourth-order valence-electron chi connectivity index (χ4n) is 3.38. The highest BCUT2D eigenvalue weighted by molar-refractivity contribution is 7.99. The first-order valence-corrected chi connectivity index (χ1v) is 13.2. The monoisotopic (exact) mass is 502 g/mol. The summed E-state index contributed by atoms with van der Waals surface area (Å²) in [6.45, 7) is 2.79. The molecule has 34 heavy (non-hydrogen) atoms. The number of sulfone groups is 1. The lowest BCUT2D eigenvalue weighted by atomic mass is 10.1. The molecule has 13 heteroatoms. The van der Waals surface area contributed by atoms with Crippen molar-refractivity contribution in [3.05, 3.63) is 70.2 Å². The number of hydrogen-bond acceptors (Lipinski definition) is 9. The van der Waals surface area contributed by atoms with Crippen molar-refractivity contribution in [1.82, 2.24) is 24.1 Å². The third-order valence-corrected chi connectivity index (χ3v) is 7.06. The molecule has 178 valence electrons. The van der Waals surface area contributed by atoms with Gasteiger partial charge in [0.1, 0.15) is 17.0 Å². The Labute approximate surface area is 199 Å². The van der Waals surface area contributed by atoms with Gasteiger partial charge in [0.25, 0.3) is 0 Å². The molecule has 3 heterocycles. The number of thioether (sulfide) groups is 1. The molecule has 0 amide bonds. The summed E-state index contributed by atoms with van der Waals surface area (Å²) in [5.41, 5.74) is 2.30. The van der Waals surface area contributed by atoms with Crippen LogP contribution >= 0.6 is 11.8 Å². The van der Waals surface area contributed by atoms with Crippen molar-refractivity contribution >= 4 is 33.1 Å². The Balaban J connectivity index is 1.33. The molecule has 0 atom stereocenters. The van der Waals surface area contributed by atoms with Crippen molar-refractivity contribution in [1.29, 1.82) is 0 Å². The second-order valence-corrected chi connectivity index (χ2v) is 10.5. The molecule has 0 fully saturated rings. The quantitative estimate of drug-likeness (QED) is 0.139. The number of rotatable bonds is 10. The number of ether oxygens (including phenoxy) is 1. The van der Waals surface area contributed by atoms with Crippen molar-refractivity contribution in [3.8, 4) is 5.75 Å². The lowest BCUT2D eigenvalue weighted by Crippen LogP contribution is -2.11. The summed E-state index contributed by atoms with van der Waals surface area (Å²) in [7, 11) is -3.42. The third kappa shape index (κ3) is 5.20. The Kier molecular flexibility index (Phi) is 6.84. The van der Waals surface area contributed by atoms with Crippen LogP contribution in [0.5, 0.6) is 5.75 Å². The van der Waals surface area contributed by atoms with E-state index in [0.717, 1.165) is 29.6 Å². The number of nitrogens with zero attached hydrogens (tertiary/aromatic N) is 6. The van der Waals surface area contributed by atoms with Crippen LogP contribution in [0.4, 0.5) is 5.82 Å². The molecule has 0 bridgehead atoms. The zero-order valence-electron chi connectivity index (χ0n) is 18.5. The molecule has 0 unspecified atom stereocenters. The number of fused-ring (bicyclic) bond motifs is 1. The first-order valence-electron chi connectivity index (χ1n) is 10.3. The van der Waals surface area contributed by atoms with E-state index in [-0.39, 0.29) is 11.0 Å². The van der Waals surface area contributed by atoms with E-state index in [9.17, 15) is 18.5 Å². The van der Waals surface area contributed by atoms with Crippen molar-refractivity contribution in [2.45, 2.75) is 30.1 Å². The average Bonchev–Trinajstić information content (AvgIpc) is 3.42.